The summed E-state index contributed by atoms with van der Waals surface area (Å²) in [5.74, 6) is 0.451. The van der Waals surface area contributed by atoms with Gasteiger partial charge in [-0.2, -0.15) is 0 Å². The van der Waals surface area contributed by atoms with Crippen molar-refractivity contribution in [2.75, 3.05) is 26.3 Å². The van der Waals surface area contributed by atoms with Gasteiger partial charge >= 0.3 is 0 Å². The molecule has 2 aliphatic carbocycles. The van der Waals surface area contributed by atoms with Crippen LogP contribution in [0.5, 0.6) is 0 Å². The van der Waals surface area contributed by atoms with Gasteiger partial charge in [-0.25, -0.2) is 0 Å². The van der Waals surface area contributed by atoms with Crippen molar-refractivity contribution in [3.05, 3.63) is 0 Å². The van der Waals surface area contributed by atoms with Crippen LogP contribution in [-0.2, 0) is 9.47 Å². The van der Waals surface area contributed by atoms with Crippen LogP contribution in [0.2, 0.25) is 0 Å². The van der Waals surface area contributed by atoms with Crippen LogP contribution in [0.3, 0.4) is 0 Å². The summed E-state index contributed by atoms with van der Waals surface area (Å²) in [4.78, 5) is 2.46. The van der Waals surface area contributed by atoms with E-state index in [9.17, 15) is 5.11 Å². The number of likely N-dealkylation sites (N-methyl/N-ethyl adjacent to an activating group) is 1. The van der Waals surface area contributed by atoms with Gasteiger partial charge in [-0.3, -0.25) is 4.90 Å². The van der Waals surface area contributed by atoms with Gasteiger partial charge in [0.05, 0.1) is 19.3 Å². The molecule has 3 aliphatic rings. The Bertz CT molecular complexity index is 300. The first-order valence-electron chi connectivity index (χ1n) is 7.92. The van der Waals surface area contributed by atoms with Crippen molar-refractivity contribution in [1.82, 2.24) is 4.90 Å². The zero-order chi connectivity index (χ0) is 13.3. The lowest BCUT2D eigenvalue weighted by Crippen LogP contribution is -2.54. The van der Waals surface area contributed by atoms with E-state index >= 15 is 0 Å². The van der Waals surface area contributed by atoms with Gasteiger partial charge in [0, 0.05) is 25.4 Å². The molecule has 0 bridgehead atoms. The molecule has 0 aromatic heterocycles. The second-order valence-corrected chi connectivity index (χ2v) is 6.37. The molecular weight excluding hydrogens is 242 g/mol. The number of aliphatic hydroxyl groups excluding tert-OH is 1. The molecule has 3 fully saturated rings. The molecule has 1 spiro atoms. The van der Waals surface area contributed by atoms with Crippen LogP contribution in [0.25, 0.3) is 0 Å². The van der Waals surface area contributed by atoms with E-state index < -0.39 is 5.79 Å². The predicted octanol–water partition coefficient (Wildman–Crippen LogP) is 1.76. The van der Waals surface area contributed by atoms with Crippen molar-refractivity contribution in [2.24, 2.45) is 5.92 Å². The molecule has 1 N–H and O–H groups in total. The Hall–Kier alpha value is -0.160. The van der Waals surface area contributed by atoms with Gasteiger partial charge in [0.2, 0.25) is 0 Å². The van der Waals surface area contributed by atoms with Crippen molar-refractivity contribution < 1.29 is 14.6 Å². The second kappa shape index (κ2) is 5.68. The van der Waals surface area contributed by atoms with E-state index in [0.29, 0.717) is 13.2 Å². The number of rotatable bonds is 4. The third-order valence-electron chi connectivity index (χ3n) is 5.19. The highest BCUT2D eigenvalue weighted by Gasteiger charge is 2.46. The molecule has 4 nitrogen and oxygen atoms in total. The Balaban J connectivity index is 1.64. The number of hydrogen-bond donors (Lipinski definition) is 1. The fraction of sp³-hybridized carbons (Fsp3) is 1.00. The number of ether oxygens (including phenoxy) is 2. The third-order valence-corrected chi connectivity index (χ3v) is 5.19. The third kappa shape index (κ3) is 2.82. The molecule has 0 amide bonds. The highest BCUT2D eigenvalue weighted by molar-refractivity contribution is 4.93. The molecule has 1 aliphatic heterocycles. The maximum absolute atomic E-state index is 10.4. The number of nitrogens with zero attached hydrogens (tertiary/aromatic N) is 1. The van der Waals surface area contributed by atoms with Crippen molar-refractivity contribution in [1.29, 1.82) is 0 Å². The Morgan fingerprint density at radius 2 is 1.95 bits per heavy atom. The van der Waals surface area contributed by atoms with E-state index in [-0.39, 0.29) is 12.1 Å². The molecule has 0 radical (unpaired) electrons. The van der Waals surface area contributed by atoms with E-state index in [1.165, 1.54) is 19.3 Å². The second-order valence-electron chi connectivity index (χ2n) is 6.37. The maximum Gasteiger partial charge on any atom is 0.170 e. The summed E-state index contributed by atoms with van der Waals surface area (Å²) in [5, 5.41) is 10.4. The number of aliphatic hydroxyl groups is 1. The SMILES string of the molecule is CCN(CC1CCC1)C1CC2(CCC1O)OCCO2. The zero-order valence-corrected chi connectivity index (χ0v) is 12.0. The minimum atomic E-state index is -0.392. The molecular formula is C15H27NO3. The standard InChI is InChI=1S/C15H27NO3/c1-2-16(11-12-4-3-5-12)13-10-15(7-6-14(13)17)18-8-9-19-15/h12-14,17H,2-11H2,1H3. The molecule has 110 valence electrons. The fourth-order valence-corrected chi connectivity index (χ4v) is 3.75. The van der Waals surface area contributed by atoms with Gasteiger partial charge in [-0.05, 0) is 31.7 Å². The van der Waals surface area contributed by atoms with Crippen molar-refractivity contribution >= 4 is 0 Å². The quantitative estimate of drug-likeness (QED) is 0.844. The molecule has 0 aromatic rings. The minimum absolute atomic E-state index is 0.206. The van der Waals surface area contributed by atoms with E-state index in [2.05, 4.69) is 11.8 Å². The Morgan fingerprint density at radius 3 is 2.53 bits per heavy atom. The Labute approximate surface area is 116 Å². The summed E-state index contributed by atoms with van der Waals surface area (Å²) < 4.78 is 11.7. The summed E-state index contributed by atoms with van der Waals surface area (Å²) >= 11 is 0. The van der Waals surface area contributed by atoms with Crippen LogP contribution >= 0.6 is 0 Å². The summed E-state index contributed by atoms with van der Waals surface area (Å²) in [6, 6.07) is 0.206. The average molecular weight is 269 g/mol. The smallest absolute Gasteiger partial charge is 0.170 e. The summed E-state index contributed by atoms with van der Waals surface area (Å²) in [6.07, 6.45) is 6.34. The Morgan fingerprint density at radius 1 is 1.21 bits per heavy atom. The molecule has 19 heavy (non-hydrogen) atoms. The van der Waals surface area contributed by atoms with Gasteiger partial charge in [-0.15, -0.1) is 0 Å². The molecule has 0 aromatic carbocycles. The first kappa shape index (κ1) is 13.8. The fourth-order valence-electron chi connectivity index (χ4n) is 3.75. The highest BCUT2D eigenvalue weighted by atomic mass is 16.7. The predicted molar refractivity (Wildman–Crippen MR) is 72.9 cm³/mol. The Kier molecular flexibility index (Phi) is 4.13. The molecule has 2 saturated carbocycles. The maximum atomic E-state index is 10.4. The van der Waals surface area contributed by atoms with Crippen LogP contribution in [-0.4, -0.2) is 54.2 Å². The van der Waals surface area contributed by atoms with E-state index in [4.69, 9.17) is 9.47 Å². The summed E-state index contributed by atoms with van der Waals surface area (Å²) in [5.41, 5.74) is 0. The molecule has 2 atom stereocenters. The van der Waals surface area contributed by atoms with Crippen LogP contribution < -0.4 is 0 Å². The number of hydrogen-bond acceptors (Lipinski definition) is 4. The lowest BCUT2D eigenvalue weighted by Gasteiger charge is -2.45. The van der Waals surface area contributed by atoms with Crippen LogP contribution in [0.4, 0.5) is 0 Å². The zero-order valence-electron chi connectivity index (χ0n) is 12.0. The van der Waals surface area contributed by atoms with Crippen LogP contribution in [0.15, 0.2) is 0 Å². The average Bonchev–Trinajstić information content (AvgIpc) is 2.81. The lowest BCUT2D eigenvalue weighted by atomic mass is 9.82. The van der Waals surface area contributed by atoms with E-state index in [1.807, 2.05) is 0 Å². The van der Waals surface area contributed by atoms with E-state index in [1.54, 1.807) is 0 Å². The highest BCUT2D eigenvalue weighted by Crippen LogP contribution is 2.38. The van der Waals surface area contributed by atoms with Crippen molar-refractivity contribution in [2.45, 2.75) is 63.4 Å². The molecule has 2 unspecified atom stereocenters. The topological polar surface area (TPSA) is 41.9 Å². The first-order chi connectivity index (χ1) is 9.22. The van der Waals surface area contributed by atoms with Gasteiger partial charge in [-0.1, -0.05) is 13.3 Å². The summed E-state index contributed by atoms with van der Waals surface area (Å²) in [7, 11) is 0. The molecule has 1 heterocycles. The van der Waals surface area contributed by atoms with Crippen molar-refractivity contribution in [3.8, 4) is 0 Å². The summed E-state index contributed by atoms with van der Waals surface area (Å²) in [6.45, 7) is 5.75. The van der Waals surface area contributed by atoms with E-state index in [0.717, 1.165) is 38.3 Å². The van der Waals surface area contributed by atoms with Crippen LogP contribution in [0, 0.1) is 5.92 Å². The molecule has 3 rings (SSSR count). The monoisotopic (exact) mass is 269 g/mol. The van der Waals surface area contributed by atoms with Gasteiger partial charge in [0.1, 0.15) is 0 Å². The van der Waals surface area contributed by atoms with Crippen molar-refractivity contribution in [3.63, 3.8) is 0 Å². The largest absolute Gasteiger partial charge is 0.391 e. The molecule has 4 heteroatoms. The minimum Gasteiger partial charge on any atom is -0.391 e. The first-order valence-corrected chi connectivity index (χ1v) is 7.92. The van der Waals surface area contributed by atoms with Gasteiger partial charge < -0.3 is 14.6 Å². The van der Waals surface area contributed by atoms with Gasteiger partial charge in [0.15, 0.2) is 5.79 Å². The van der Waals surface area contributed by atoms with Crippen LogP contribution in [0.1, 0.15) is 45.4 Å². The lowest BCUT2D eigenvalue weighted by molar-refractivity contribution is -0.205. The normalized spacial score (nSPS) is 34.9. The van der Waals surface area contributed by atoms with Gasteiger partial charge in [0.25, 0.3) is 0 Å². The molecule has 1 saturated heterocycles.